The van der Waals surface area contributed by atoms with Crippen molar-refractivity contribution in [3.63, 3.8) is 0 Å². The Kier molecular flexibility index (Phi) is 3.18. The number of nitrogens with one attached hydrogen (secondary N) is 1. The molecule has 2 aromatic carbocycles. The molecule has 0 aliphatic rings. The summed E-state index contributed by atoms with van der Waals surface area (Å²) >= 11 is 0. The van der Waals surface area contributed by atoms with Crippen molar-refractivity contribution in [2.24, 2.45) is 0 Å². The average Bonchev–Trinajstić information content (AvgIpc) is 2.84. The first-order chi connectivity index (χ1) is 9.61. The van der Waals surface area contributed by atoms with Crippen LogP contribution >= 0.6 is 0 Å². The summed E-state index contributed by atoms with van der Waals surface area (Å²) in [6, 6.07) is 14.3. The fourth-order valence-electron chi connectivity index (χ4n) is 2.21. The third-order valence-corrected chi connectivity index (χ3v) is 3.37. The first-order valence-corrected chi connectivity index (χ1v) is 6.81. The predicted molar refractivity (Wildman–Crippen MR) is 81.1 cm³/mol. The summed E-state index contributed by atoms with van der Waals surface area (Å²) in [5.74, 6) is 1.71. The van der Waals surface area contributed by atoms with Gasteiger partial charge in [0, 0.05) is 0 Å². The van der Waals surface area contributed by atoms with E-state index in [4.69, 9.17) is 4.74 Å². The van der Waals surface area contributed by atoms with Crippen molar-refractivity contribution in [3.05, 3.63) is 59.4 Å². The van der Waals surface area contributed by atoms with Crippen LogP contribution in [0.15, 0.2) is 42.5 Å². The number of aromatic nitrogens is 2. The molecule has 0 aliphatic heterocycles. The lowest BCUT2D eigenvalue weighted by molar-refractivity contribution is 0.218. The highest BCUT2D eigenvalue weighted by molar-refractivity contribution is 5.75. The van der Waals surface area contributed by atoms with Crippen molar-refractivity contribution >= 4 is 11.0 Å². The van der Waals surface area contributed by atoms with E-state index in [-0.39, 0.29) is 6.10 Å². The molecule has 0 saturated carbocycles. The Bertz CT molecular complexity index is 728. The van der Waals surface area contributed by atoms with Crippen LogP contribution in [0.4, 0.5) is 0 Å². The van der Waals surface area contributed by atoms with Gasteiger partial charge in [-0.15, -0.1) is 0 Å². The molecule has 3 heteroatoms. The maximum absolute atomic E-state index is 5.92. The largest absolute Gasteiger partial charge is 0.483 e. The number of rotatable bonds is 3. The van der Waals surface area contributed by atoms with Gasteiger partial charge in [-0.2, -0.15) is 0 Å². The Morgan fingerprint density at radius 3 is 2.45 bits per heavy atom. The Balaban J connectivity index is 1.84. The molecule has 102 valence electrons. The van der Waals surface area contributed by atoms with E-state index in [9.17, 15) is 0 Å². The van der Waals surface area contributed by atoms with Crippen LogP contribution in [0, 0.1) is 13.8 Å². The van der Waals surface area contributed by atoms with Crippen molar-refractivity contribution in [1.29, 1.82) is 0 Å². The highest BCUT2D eigenvalue weighted by Gasteiger charge is 2.12. The van der Waals surface area contributed by atoms with Crippen LogP contribution in [0.1, 0.15) is 30.0 Å². The van der Waals surface area contributed by atoms with Gasteiger partial charge in [0.05, 0.1) is 11.0 Å². The zero-order chi connectivity index (χ0) is 14.1. The summed E-state index contributed by atoms with van der Waals surface area (Å²) in [5, 5.41) is 0. The van der Waals surface area contributed by atoms with E-state index in [2.05, 4.69) is 35.9 Å². The molecule has 20 heavy (non-hydrogen) atoms. The van der Waals surface area contributed by atoms with E-state index in [0.29, 0.717) is 0 Å². The molecule has 0 bridgehead atoms. The van der Waals surface area contributed by atoms with E-state index in [1.54, 1.807) is 0 Å². The molecule has 1 N–H and O–H groups in total. The maximum Gasteiger partial charge on any atom is 0.153 e. The summed E-state index contributed by atoms with van der Waals surface area (Å²) in [6.45, 7) is 6.14. The second kappa shape index (κ2) is 5.00. The van der Waals surface area contributed by atoms with Gasteiger partial charge in [-0.3, -0.25) is 0 Å². The molecule has 3 rings (SSSR count). The molecule has 0 fully saturated rings. The number of ether oxygens (including phenoxy) is 1. The minimum atomic E-state index is -0.106. The summed E-state index contributed by atoms with van der Waals surface area (Å²) in [4.78, 5) is 7.92. The van der Waals surface area contributed by atoms with Crippen molar-refractivity contribution in [2.45, 2.75) is 26.9 Å². The lowest BCUT2D eigenvalue weighted by Crippen LogP contribution is -2.04. The number of aryl methyl sites for hydroxylation is 2. The number of imidazole rings is 1. The quantitative estimate of drug-likeness (QED) is 0.766. The molecule has 1 heterocycles. The Labute approximate surface area is 118 Å². The average molecular weight is 266 g/mol. The molecule has 3 nitrogen and oxygen atoms in total. The fraction of sp³-hybridized carbons (Fsp3) is 0.235. The number of hydrogen-bond acceptors (Lipinski definition) is 2. The molecule has 0 aliphatic carbocycles. The Morgan fingerprint density at radius 2 is 1.70 bits per heavy atom. The maximum atomic E-state index is 5.92. The first-order valence-electron chi connectivity index (χ1n) is 6.81. The van der Waals surface area contributed by atoms with Crippen molar-refractivity contribution < 1.29 is 4.74 Å². The van der Waals surface area contributed by atoms with Gasteiger partial charge in [-0.1, -0.05) is 23.8 Å². The number of nitrogens with zero attached hydrogens (tertiary/aromatic N) is 1. The SMILES string of the molecule is Cc1ccc(O[C@H](C)c2nc3ccc(C)cc3[nH]2)cc1. The molecule has 1 aromatic heterocycles. The van der Waals surface area contributed by atoms with E-state index in [1.807, 2.05) is 37.3 Å². The summed E-state index contributed by atoms with van der Waals surface area (Å²) in [6.07, 6.45) is -0.106. The predicted octanol–water partition coefficient (Wildman–Crippen LogP) is 4.32. The van der Waals surface area contributed by atoms with Crippen LogP contribution in [0.5, 0.6) is 5.75 Å². The third kappa shape index (κ3) is 2.52. The van der Waals surface area contributed by atoms with Crippen LogP contribution in [0.2, 0.25) is 0 Å². The molecule has 1 atom stereocenters. The van der Waals surface area contributed by atoms with Crippen molar-refractivity contribution in [2.75, 3.05) is 0 Å². The molecule has 0 saturated heterocycles. The number of fused-ring (bicyclic) bond motifs is 1. The zero-order valence-corrected chi connectivity index (χ0v) is 12.0. The topological polar surface area (TPSA) is 37.9 Å². The second-order valence-electron chi connectivity index (χ2n) is 5.22. The van der Waals surface area contributed by atoms with Crippen LogP contribution in [-0.2, 0) is 0 Å². The molecule has 3 aromatic rings. The third-order valence-electron chi connectivity index (χ3n) is 3.37. The molecule has 0 amide bonds. The van der Waals surface area contributed by atoms with Gasteiger partial charge >= 0.3 is 0 Å². The van der Waals surface area contributed by atoms with Crippen LogP contribution in [0.25, 0.3) is 11.0 Å². The fourth-order valence-corrected chi connectivity index (χ4v) is 2.21. The second-order valence-corrected chi connectivity index (χ2v) is 5.22. The van der Waals surface area contributed by atoms with Crippen LogP contribution in [0.3, 0.4) is 0 Å². The minimum Gasteiger partial charge on any atom is -0.483 e. The Hall–Kier alpha value is -2.29. The number of benzene rings is 2. The van der Waals surface area contributed by atoms with Gasteiger partial charge in [0.1, 0.15) is 11.6 Å². The van der Waals surface area contributed by atoms with Gasteiger partial charge in [0.2, 0.25) is 0 Å². The van der Waals surface area contributed by atoms with E-state index in [0.717, 1.165) is 22.6 Å². The zero-order valence-electron chi connectivity index (χ0n) is 12.0. The van der Waals surface area contributed by atoms with E-state index < -0.39 is 0 Å². The van der Waals surface area contributed by atoms with Gasteiger partial charge < -0.3 is 9.72 Å². The molecular weight excluding hydrogens is 248 g/mol. The summed E-state index contributed by atoms with van der Waals surface area (Å²) in [7, 11) is 0. The summed E-state index contributed by atoms with van der Waals surface area (Å²) in [5.41, 5.74) is 4.48. The lowest BCUT2D eigenvalue weighted by Gasteiger charge is -2.12. The normalized spacial score (nSPS) is 12.6. The monoisotopic (exact) mass is 266 g/mol. The molecule has 0 spiro atoms. The Morgan fingerprint density at radius 1 is 1.00 bits per heavy atom. The van der Waals surface area contributed by atoms with Gasteiger partial charge in [-0.25, -0.2) is 4.98 Å². The van der Waals surface area contributed by atoms with Crippen LogP contribution in [-0.4, -0.2) is 9.97 Å². The highest BCUT2D eigenvalue weighted by atomic mass is 16.5. The van der Waals surface area contributed by atoms with E-state index >= 15 is 0 Å². The molecular formula is C17H18N2O. The first kappa shape index (κ1) is 12.7. The minimum absolute atomic E-state index is 0.106. The van der Waals surface area contributed by atoms with Gasteiger partial charge in [-0.05, 0) is 50.6 Å². The smallest absolute Gasteiger partial charge is 0.153 e. The van der Waals surface area contributed by atoms with Crippen molar-refractivity contribution in [3.8, 4) is 5.75 Å². The molecule has 0 unspecified atom stereocenters. The summed E-state index contributed by atoms with van der Waals surface area (Å²) < 4.78 is 5.92. The molecule has 0 radical (unpaired) electrons. The number of aromatic amines is 1. The number of hydrogen-bond donors (Lipinski definition) is 1. The van der Waals surface area contributed by atoms with E-state index in [1.165, 1.54) is 11.1 Å². The van der Waals surface area contributed by atoms with Gasteiger partial charge in [0.15, 0.2) is 6.10 Å². The number of H-pyrrole nitrogens is 1. The van der Waals surface area contributed by atoms with Crippen molar-refractivity contribution in [1.82, 2.24) is 9.97 Å². The highest BCUT2D eigenvalue weighted by Crippen LogP contribution is 2.22. The standard InChI is InChI=1S/C17H18N2O/c1-11-4-7-14(8-5-11)20-13(3)17-18-15-9-6-12(2)10-16(15)19-17/h4-10,13H,1-3H3,(H,18,19)/t13-/m1/s1. The van der Waals surface area contributed by atoms with Crippen LogP contribution < -0.4 is 4.74 Å². The lowest BCUT2D eigenvalue weighted by atomic mass is 10.2. The van der Waals surface area contributed by atoms with Gasteiger partial charge in [0.25, 0.3) is 0 Å².